The molecular formula is C23H24ClN3O2S. The van der Waals surface area contributed by atoms with Crippen molar-refractivity contribution < 1.29 is 9.47 Å². The number of anilines is 1. The number of thiocarbonyl (C=S) groups is 1. The van der Waals surface area contributed by atoms with E-state index in [1.54, 1.807) is 14.2 Å². The maximum absolute atomic E-state index is 6.30. The first-order valence-corrected chi connectivity index (χ1v) is 10.5. The number of benzene rings is 2. The maximum Gasteiger partial charge on any atom is 0.174 e. The number of aromatic nitrogens is 1. The van der Waals surface area contributed by atoms with E-state index < -0.39 is 0 Å². The highest BCUT2D eigenvalue weighted by Crippen LogP contribution is 2.39. The summed E-state index contributed by atoms with van der Waals surface area (Å²) in [5, 5.41) is 4.75. The summed E-state index contributed by atoms with van der Waals surface area (Å²) in [4.78, 5) is 2.20. The molecule has 1 N–H and O–H groups in total. The minimum atomic E-state index is -0.113. The number of nitrogens with one attached hydrogen (secondary N) is 1. The Morgan fingerprint density at radius 2 is 1.93 bits per heavy atom. The van der Waals surface area contributed by atoms with E-state index in [9.17, 15) is 0 Å². The van der Waals surface area contributed by atoms with Crippen LogP contribution in [0.15, 0.2) is 54.7 Å². The normalized spacial score (nSPS) is 15.5. The topological polar surface area (TPSA) is 38.7 Å². The van der Waals surface area contributed by atoms with Crippen LogP contribution in [-0.4, -0.2) is 35.3 Å². The Morgan fingerprint density at radius 3 is 2.70 bits per heavy atom. The predicted octanol–water partition coefficient (Wildman–Crippen LogP) is 5.27. The van der Waals surface area contributed by atoms with Crippen LogP contribution < -0.4 is 14.8 Å². The molecule has 0 saturated heterocycles. The lowest BCUT2D eigenvalue weighted by Crippen LogP contribution is -2.44. The fourth-order valence-corrected chi connectivity index (χ4v) is 4.39. The number of ether oxygens (including phenoxy) is 2. The Bertz CT molecular complexity index is 1080. The summed E-state index contributed by atoms with van der Waals surface area (Å²) in [5.41, 5.74) is 4.03. The summed E-state index contributed by atoms with van der Waals surface area (Å²) in [5.74, 6) is 1.57. The Balaban J connectivity index is 1.76. The largest absolute Gasteiger partial charge is 0.497 e. The molecule has 0 amide bonds. The van der Waals surface area contributed by atoms with Crippen LogP contribution in [0.3, 0.4) is 0 Å². The molecule has 3 aromatic rings. The van der Waals surface area contributed by atoms with Crippen LogP contribution in [0.5, 0.6) is 11.5 Å². The molecular weight excluding hydrogens is 418 g/mol. The van der Waals surface area contributed by atoms with E-state index in [4.69, 9.17) is 33.3 Å². The second kappa shape index (κ2) is 8.58. The second-order valence-electron chi connectivity index (χ2n) is 7.17. The number of hydrogen-bond acceptors (Lipinski definition) is 3. The smallest absolute Gasteiger partial charge is 0.174 e. The molecule has 1 aromatic heterocycles. The fraction of sp³-hybridized carbons (Fsp3) is 0.261. The average Bonchev–Trinajstić information content (AvgIpc) is 3.24. The molecule has 4 rings (SSSR count). The Labute approximate surface area is 187 Å². The van der Waals surface area contributed by atoms with Gasteiger partial charge >= 0.3 is 0 Å². The van der Waals surface area contributed by atoms with E-state index in [2.05, 4.69) is 33.1 Å². The summed E-state index contributed by atoms with van der Waals surface area (Å²) in [6.45, 7) is 3.59. The highest BCUT2D eigenvalue weighted by atomic mass is 35.5. The zero-order valence-corrected chi connectivity index (χ0v) is 18.8. The van der Waals surface area contributed by atoms with E-state index in [1.165, 1.54) is 0 Å². The van der Waals surface area contributed by atoms with Gasteiger partial charge in [-0.1, -0.05) is 17.7 Å². The molecule has 0 unspecified atom stereocenters. The molecule has 0 fully saturated rings. The lowest BCUT2D eigenvalue weighted by Gasteiger charge is -2.39. The Hall–Kier alpha value is -2.70. The van der Waals surface area contributed by atoms with Gasteiger partial charge in [-0.25, -0.2) is 0 Å². The van der Waals surface area contributed by atoms with Gasteiger partial charge in [-0.3, -0.25) is 0 Å². The van der Waals surface area contributed by atoms with Gasteiger partial charge in [-0.15, -0.1) is 0 Å². The third-order valence-electron chi connectivity index (χ3n) is 5.54. The van der Waals surface area contributed by atoms with Gasteiger partial charge in [0.15, 0.2) is 5.11 Å². The van der Waals surface area contributed by atoms with Crippen LogP contribution in [0, 0.1) is 6.92 Å². The van der Waals surface area contributed by atoms with Crippen molar-refractivity contribution in [3.05, 3.63) is 76.6 Å². The van der Waals surface area contributed by atoms with Crippen LogP contribution in [0.1, 0.15) is 22.9 Å². The van der Waals surface area contributed by atoms with Gasteiger partial charge in [-0.05, 0) is 67.2 Å². The van der Waals surface area contributed by atoms with Crippen LogP contribution in [0.2, 0.25) is 5.02 Å². The van der Waals surface area contributed by atoms with E-state index in [1.807, 2.05) is 43.3 Å². The first-order valence-electron chi connectivity index (χ1n) is 9.73. The van der Waals surface area contributed by atoms with Crippen molar-refractivity contribution in [1.29, 1.82) is 0 Å². The molecule has 0 saturated carbocycles. The van der Waals surface area contributed by atoms with Gasteiger partial charge in [-0.2, -0.15) is 0 Å². The minimum Gasteiger partial charge on any atom is -0.497 e. The molecule has 0 bridgehead atoms. The molecule has 2 aromatic carbocycles. The van der Waals surface area contributed by atoms with Crippen molar-refractivity contribution in [2.45, 2.75) is 19.5 Å². The van der Waals surface area contributed by atoms with E-state index >= 15 is 0 Å². The van der Waals surface area contributed by atoms with Crippen molar-refractivity contribution >= 4 is 34.6 Å². The van der Waals surface area contributed by atoms with Crippen molar-refractivity contribution in [3.8, 4) is 11.5 Å². The molecule has 0 spiro atoms. The van der Waals surface area contributed by atoms with Gasteiger partial charge in [0.1, 0.15) is 17.5 Å². The summed E-state index contributed by atoms with van der Waals surface area (Å²) < 4.78 is 13.4. The van der Waals surface area contributed by atoms with Crippen molar-refractivity contribution in [1.82, 2.24) is 9.47 Å². The van der Waals surface area contributed by atoms with Gasteiger partial charge in [0, 0.05) is 41.3 Å². The average molecular weight is 442 g/mol. The van der Waals surface area contributed by atoms with Gasteiger partial charge in [0.2, 0.25) is 0 Å². The minimum absolute atomic E-state index is 0.113. The number of hydrogen-bond donors (Lipinski definition) is 1. The van der Waals surface area contributed by atoms with Crippen LogP contribution in [0.4, 0.5) is 5.69 Å². The van der Waals surface area contributed by atoms with Crippen LogP contribution >= 0.6 is 23.8 Å². The van der Waals surface area contributed by atoms with Gasteiger partial charge in [0.05, 0.1) is 14.2 Å². The molecule has 156 valence electrons. The molecule has 2 heterocycles. The summed E-state index contributed by atoms with van der Waals surface area (Å²) in [6.07, 6.45) is 2.10. The SMILES string of the molecule is COc1ccc(OC)c([C@H]2c3cccn3CCN2C(=S)Nc2cccc(Cl)c2C)c1. The van der Waals surface area contributed by atoms with Crippen LogP contribution in [-0.2, 0) is 6.54 Å². The molecule has 7 heteroatoms. The van der Waals surface area contributed by atoms with Gasteiger partial charge in [0.25, 0.3) is 0 Å². The third-order valence-corrected chi connectivity index (χ3v) is 6.29. The fourth-order valence-electron chi connectivity index (χ4n) is 3.91. The molecule has 1 atom stereocenters. The molecule has 1 aliphatic rings. The van der Waals surface area contributed by atoms with Crippen LogP contribution in [0.25, 0.3) is 0 Å². The number of halogens is 1. The number of methoxy groups -OCH3 is 2. The van der Waals surface area contributed by atoms with Crippen molar-refractivity contribution in [2.75, 3.05) is 26.1 Å². The highest BCUT2D eigenvalue weighted by Gasteiger charge is 2.33. The Kier molecular flexibility index (Phi) is 5.88. The van der Waals surface area contributed by atoms with Crippen molar-refractivity contribution in [3.63, 3.8) is 0 Å². The molecule has 0 aliphatic carbocycles. The molecule has 0 radical (unpaired) electrons. The standard InChI is InChI=1S/C23H24ClN3O2S/c1-15-18(24)6-4-7-19(15)25-23(30)27-13-12-26-11-5-8-20(26)22(27)17-14-16(28-2)9-10-21(17)29-3/h4-11,14,22H,12-13H2,1-3H3,(H,25,30)/t22-/m0/s1. The molecule has 5 nitrogen and oxygen atoms in total. The first kappa shape index (κ1) is 20.6. The van der Waals surface area contributed by atoms with E-state index in [0.29, 0.717) is 10.1 Å². The second-order valence-corrected chi connectivity index (χ2v) is 7.97. The molecule has 30 heavy (non-hydrogen) atoms. The predicted molar refractivity (Wildman–Crippen MR) is 125 cm³/mol. The lowest BCUT2D eigenvalue weighted by atomic mass is 9.98. The summed E-state index contributed by atoms with van der Waals surface area (Å²) in [6, 6.07) is 15.7. The quantitative estimate of drug-likeness (QED) is 0.558. The van der Waals surface area contributed by atoms with E-state index in [0.717, 1.165) is 47.1 Å². The Morgan fingerprint density at radius 1 is 1.10 bits per heavy atom. The third kappa shape index (κ3) is 3.73. The lowest BCUT2D eigenvalue weighted by molar-refractivity contribution is 0.284. The zero-order valence-electron chi connectivity index (χ0n) is 17.2. The summed E-state index contributed by atoms with van der Waals surface area (Å²) >= 11 is 12.2. The van der Waals surface area contributed by atoms with E-state index in [-0.39, 0.29) is 6.04 Å². The van der Waals surface area contributed by atoms with Gasteiger partial charge < -0.3 is 24.3 Å². The molecule has 1 aliphatic heterocycles. The zero-order chi connectivity index (χ0) is 21.3. The van der Waals surface area contributed by atoms with Crippen molar-refractivity contribution in [2.24, 2.45) is 0 Å². The highest BCUT2D eigenvalue weighted by molar-refractivity contribution is 7.80. The maximum atomic E-state index is 6.30. The monoisotopic (exact) mass is 441 g/mol. The first-order chi connectivity index (χ1) is 14.5. The number of nitrogens with zero attached hydrogens (tertiary/aromatic N) is 2. The number of fused-ring (bicyclic) bond motifs is 1. The summed E-state index contributed by atoms with van der Waals surface area (Å²) in [7, 11) is 3.35. The number of rotatable bonds is 4.